The van der Waals surface area contributed by atoms with E-state index < -0.39 is 0 Å². The molecule has 120 valence electrons. The molecule has 1 N–H and O–H groups in total. The lowest BCUT2D eigenvalue weighted by atomic mass is 10.00. The summed E-state index contributed by atoms with van der Waals surface area (Å²) in [5.41, 5.74) is 0. The minimum atomic E-state index is -0.0579. The Labute approximate surface area is 132 Å². The van der Waals surface area contributed by atoms with Gasteiger partial charge in [-0.15, -0.1) is 0 Å². The molecule has 1 aromatic rings. The number of aryl methyl sites for hydroxylation is 1. The Morgan fingerprint density at radius 1 is 1.55 bits per heavy atom. The highest BCUT2D eigenvalue weighted by Gasteiger charge is 2.30. The van der Waals surface area contributed by atoms with Crippen LogP contribution in [0.4, 0.5) is 5.82 Å². The van der Waals surface area contributed by atoms with Crippen LogP contribution < -0.4 is 5.32 Å². The summed E-state index contributed by atoms with van der Waals surface area (Å²) in [4.78, 5) is 14.8. The van der Waals surface area contributed by atoms with Crippen molar-refractivity contribution >= 4 is 11.7 Å². The van der Waals surface area contributed by atoms with Gasteiger partial charge in [0.25, 0.3) is 0 Å². The van der Waals surface area contributed by atoms with Crippen LogP contribution in [0, 0.1) is 11.3 Å². The molecule has 6 heteroatoms. The van der Waals surface area contributed by atoms with E-state index in [2.05, 4.69) is 35.2 Å². The second kappa shape index (κ2) is 7.95. The van der Waals surface area contributed by atoms with Gasteiger partial charge in [-0.2, -0.15) is 10.4 Å². The van der Waals surface area contributed by atoms with Crippen molar-refractivity contribution < 1.29 is 4.79 Å². The third-order valence-corrected chi connectivity index (χ3v) is 4.08. The zero-order valence-corrected chi connectivity index (χ0v) is 13.5. The van der Waals surface area contributed by atoms with E-state index >= 15 is 0 Å². The highest BCUT2D eigenvalue weighted by atomic mass is 16.2. The third kappa shape index (κ3) is 4.31. The number of aromatic nitrogens is 2. The molecule has 0 radical (unpaired) electrons. The average molecular weight is 303 g/mol. The fourth-order valence-electron chi connectivity index (χ4n) is 2.94. The van der Waals surface area contributed by atoms with Crippen LogP contribution >= 0.6 is 0 Å². The molecule has 0 bridgehead atoms. The van der Waals surface area contributed by atoms with Crippen molar-refractivity contribution in [3.8, 4) is 6.07 Å². The third-order valence-electron chi connectivity index (χ3n) is 4.08. The molecule has 2 rings (SSSR count). The quantitative estimate of drug-likeness (QED) is 0.819. The van der Waals surface area contributed by atoms with Crippen LogP contribution in [0.15, 0.2) is 12.3 Å². The van der Waals surface area contributed by atoms with Crippen molar-refractivity contribution in [1.29, 1.82) is 5.26 Å². The maximum absolute atomic E-state index is 12.5. The number of piperidine rings is 1. The first-order valence-corrected chi connectivity index (χ1v) is 8.09. The summed E-state index contributed by atoms with van der Waals surface area (Å²) in [5, 5.41) is 15.8. The van der Waals surface area contributed by atoms with E-state index in [1.807, 2.05) is 12.3 Å². The average Bonchev–Trinajstić information content (AvgIpc) is 2.95. The number of hydrogen-bond donors (Lipinski definition) is 1. The molecule has 0 aromatic carbocycles. The minimum Gasteiger partial charge on any atom is -0.308 e. The lowest BCUT2D eigenvalue weighted by molar-refractivity contribution is -0.123. The van der Waals surface area contributed by atoms with Crippen LogP contribution in [0.2, 0.25) is 0 Å². The summed E-state index contributed by atoms with van der Waals surface area (Å²) in [6.45, 7) is 5.95. The molecule has 0 aliphatic carbocycles. The number of anilines is 1. The van der Waals surface area contributed by atoms with Gasteiger partial charge in [0.15, 0.2) is 5.82 Å². The monoisotopic (exact) mass is 303 g/mol. The maximum Gasteiger partial charge on any atom is 0.242 e. The molecule has 1 aliphatic heterocycles. The molecule has 0 saturated carbocycles. The molecule has 1 fully saturated rings. The number of likely N-dealkylation sites (tertiary alicyclic amines) is 1. The van der Waals surface area contributed by atoms with Crippen LogP contribution in [-0.4, -0.2) is 39.2 Å². The Balaban J connectivity index is 1.92. The molecule has 0 unspecified atom stereocenters. The van der Waals surface area contributed by atoms with Gasteiger partial charge < -0.3 is 5.32 Å². The fourth-order valence-corrected chi connectivity index (χ4v) is 2.94. The normalized spacial score (nSPS) is 19.1. The van der Waals surface area contributed by atoms with Crippen LogP contribution in [0.3, 0.4) is 0 Å². The minimum absolute atomic E-state index is 0.0377. The van der Waals surface area contributed by atoms with Crippen LogP contribution in [0.5, 0.6) is 0 Å². The van der Waals surface area contributed by atoms with E-state index in [1.165, 1.54) is 0 Å². The largest absolute Gasteiger partial charge is 0.308 e. The van der Waals surface area contributed by atoms with E-state index in [4.69, 9.17) is 5.26 Å². The highest BCUT2D eigenvalue weighted by Crippen LogP contribution is 2.20. The topological polar surface area (TPSA) is 74.0 Å². The van der Waals surface area contributed by atoms with Gasteiger partial charge in [-0.05, 0) is 39.7 Å². The van der Waals surface area contributed by atoms with Crippen molar-refractivity contribution in [2.24, 2.45) is 0 Å². The molecule has 1 amide bonds. The van der Waals surface area contributed by atoms with Crippen LogP contribution in [-0.2, 0) is 11.3 Å². The van der Waals surface area contributed by atoms with Gasteiger partial charge >= 0.3 is 0 Å². The molecule has 6 nitrogen and oxygen atoms in total. The molecule has 1 atom stereocenters. The fraction of sp³-hybridized carbons (Fsp3) is 0.688. The second-order valence-electron chi connectivity index (χ2n) is 6.06. The number of nitriles is 1. The Hall–Kier alpha value is -1.87. The SMILES string of the molecule is CC(C)N1CCCC[C@H]1C(=O)Nc1ccn(CCCC#N)n1. The summed E-state index contributed by atoms with van der Waals surface area (Å²) in [7, 11) is 0. The van der Waals surface area contributed by atoms with Crippen molar-refractivity contribution in [1.82, 2.24) is 14.7 Å². The van der Waals surface area contributed by atoms with Gasteiger partial charge in [0.2, 0.25) is 5.91 Å². The predicted octanol–water partition coefficient (Wildman–Crippen LogP) is 2.39. The van der Waals surface area contributed by atoms with Gasteiger partial charge in [-0.3, -0.25) is 14.4 Å². The molecular formula is C16H25N5O. The standard InChI is InChI=1S/C16H25N5O/c1-13(2)21-11-5-3-7-14(21)16(22)18-15-8-12-20(19-15)10-6-4-9-17/h8,12-14H,3-7,10-11H2,1-2H3,(H,18,19,22)/t14-/m0/s1. The first-order valence-electron chi connectivity index (χ1n) is 8.09. The summed E-state index contributed by atoms with van der Waals surface area (Å²) < 4.78 is 1.77. The van der Waals surface area contributed by atoms with E-state index in [9.17, 15) is 4.79 Å². The van der Waals surface area contributed by atoms with Crippen molar-refractivity contribution in [3.63, 3.8) is 0 Å². The number of rotatable bonds is 6. The number of carbonyl (C=O) groups excluding carboxylic acids is 1. The molecule has 1 saturated heterocycles. The Morgan fingerprint density at radius 2 is 2.36 bits per heavy atom. The van der Waals surface area contributed by atoms with Crippen molar-refractivity contribution in [3.05, 3.63) is 12.3 Å². The maximum atomic E-state index is 12.5. The predicted molar refractivity (Wildman–Crippen MR) is 85.2 cm³/mol. The lowest BCUT2D eigenvalue weighted by Crippen LogP contribution is -2.50. The summed E-state index contributed by atoms with van der Waals surface area (Å²) in [6.07, 6.45) is 6.31. The van der Waals surface area contributed by atoms with Crippen molar-refractivity contribution in [2.75, 3.05) is 11.9 Å². The molecule has 1 aromatic heterocycles. The number of hydrogen-bond acceptors (Lipinski definition) is 4. The number of amides is 1. The zero-order chi connectivity index (χ0) is 15.9. The number of nitrogens with one attached hydrogen (secondary N) is 1. The Bertz CT molecular complexity index is 531. The molecule has 2 heterocycles. The highest BCUT2D eigenvalue weighted by molar-refractivity contribution is 5.94. The van der Waals surface area contributed by atoms with Gasteiger partial charge in [-0.1, -0.05) is 6.42 Å². The van der Waals surface area contributed by atoms with Crippen LogP contribution in [0.1, 0.15) is 46.0 Å². The second-order valence-corrected chi connectivity index (χ2v) is 6.06. The van der Waals surface area contributed by atoms with E-state index in [0.717, 1.165) is 32.2 Å². The van der Waals surface area contributed by atoms with Gasteiger partial charge in [0, 0.05) is 31.3 Å². The van der Waals surface area contributed by atoms with E-state index in [0.29, 0.717) is 24.8 Å². The molecule has 1 aliphatic rings. The summed E-state index contributed by atoms with van der Waals surface area (Å²) in [5.74, 6) is 0.631. The Morgan fingerprint density at radius 3 is 3.09 bits per heavy atom. The van der Waals surface area contributed by atoms with E-state index in [1.54, 1.807) is 4.68 Å². The zero-order valence-electron chi connectivity index (χ0n) is 13.5. The molecule has 0 spiro atoms. The summed E-state index contributed by atoms with van der Waals surface area (Å²) >= 11 is 0. The first-order chi connectivity index (χ1) is 10.6. The Kier molecular flexibility index (Phi) is 5.96. The number of nitrogens with zero attached hydrogens (tertiary/aromatic N) is 4. The van der Waals surface area contributed by atoms with Gasteiger partial charge in [-0.25, -0.2) is 0 Å². The van der Waals surface area contributed by atoms with E-state index in [-0.39, 0.29) is 11.9 Å². The van der Waals surface area contributed by atoms with Crippen LogP contribution in [0.25, 0.3) is 0 Å². The van der Waals surface area contributed by atoms with Gasteiger partial charge in [0.1, 0.15) is 0 Å². The molecule has 22 heavy (non-hydrogen) atoms. The summed E-state index contributed by atoms with van der Waals surface area (Å²) in [6, 6.07) is 4.25. The number of unbranched alkanes of at least 4 members (excludes halogenated alkanes) is 1. The number of carbonyl (C=O) groups is 1. The smallest absolute Gasteiger partial charge is 0.242 e. The molecular weight excluding hydrogens is 278 g/mol. The van der Waals surface area contributed by atoms with Crippen molar-refractivity contribution in [2.45, 2.75) is 64.6 Å². The lowest BCUT2D eigenvalue weighted by Gasteiger charge is -2.37. The van der Waals surface area contributed by atoms with Gasteiger partial charge in [0.05, 0.1) is 12.1 Å². The first kappa shape index (κ1) is 16.5.